The monoisotopic (exact) mass is 358 g/mol. The smallest absolute Gasteiger partial charge is 0.243 e. The van der Waals surface area contributed by atoms with Crippen molar-refractivity contribution in [3.8, 4) is 0 Å². The summed E-state index contributed by atoms with van der Waals surface area (Å²) in [7, 11) is 0. The Balaban J connectivity index is 0.00000132. The highest BCUT2D eigenvalue weighted by Crippen LogP contribution is 2.17. The maximum absolute atomic E-state index is 12.4. The molecule has 2 aliphatic heterocycles. The Morgan fingerprint density at radius 1 is 1.26 bits per heavy atom. The predicted octanol–water partition coefficient (Wildman–Crippen LogP) is 1.80. The topological polar surface area (TPSA) is 48.5 Å². The van der Waals surface area contributed by atoms with E-state index in [-0.39, 0.29) is 36.8 Å². The SMILES string of the molecule is Cc1cc(N2CCCN(C(=O)C3C=CCN3)CC2)ccn1.Cl.Cl. The number of hydrogen-bond acceptors (Lipinski definition) is 4. The van der Waals surface area contributed by atoms with Crippen molar-refractivity contribution in [1.82, 2.24) is 15.2 Å². The number of anilines is 1. The van der Waals surface area contributed by atoms with Crippen LogP contribution in [0.25, 0.3) is 0 Å². The van der Waals surface area contributed by atoms with Gasteiger partial charge in [-0.2, -0.15) is 0 Å². The van der Waals surface area contributed by atoms with Crippen LogP contribution in [0.1, 0.15) is 12.1 Å². The summed E-state index contributed by atoms with van der Waals surface area (Å²) < 4.78 is 0. The average molecular weight is 359 g/mol. The molecule has 0 bridgehead atoms. The summed E-state index contributed by atoms with van der Waals surface area (Å²) in [6.07, 6.45) is 6.85. The lowest BCUT2D eigenvalue weighted by atomic mass is 10.2. The lowest BCUT2D eigenvalue weighted by Crippen LogP contribution is -2.45. The van der Waals surface area contributed by atoms with Crippen LogP contribution >= 0.6 is 24.8 Å². The lowest BCUT2D eigenvalue weighted by molar-refractivity contribution is -0.131. The summed E-state index contributed by atoms with van der Waals surface area (Å²) in [5, 5.41) is 3.20. The molecule has 0 aliphatic carbocycles. The fourth-order valence-electron chi connectivity index (χ4n) is 2.96. The van der Waals surface area contributed by atoms with Crippen LogP contribution in [0.3, 0.4) is 0 Å². The summed E-state index contributed by atoms with van der Waals surface area (Å²) in [6, 6.07) is 4.03. The standard InChI is InChI=1S/C16H22N4O.2ClH/c1-13-12-14(5-7-17-13)19-8-3-9-20(11-10-19)16(21)15-4-2-6-18-15;;/h2,4-5,7,12,15,18H,3,6,8-11H2,1H3;2*1H. The quantitative estimate of drug-likeness (QED) is 0.819. The Kier molecular flexibility index (Phi) is 7.82. The van der Waals surface area contributed by atoms with E-state index in [1.165, 1.54) is 5.69 Å². The van der Waals surface area contributed by atoms with Crippen molar-refractivity contribution < 1.29 is 4.79 Å². The van der Waals surface area contributed by atoms with Crippen molar-refractivity contribution in [3.05, 3.63) is 36.2 Å². The highest BCUT2D eigenvalue weighted by Gasteiger charge is 2.25. The van der Waals surface area contributed by atoms with Gasteiger partial charge in [-0.05, 0) is 25.5 Å². The highest BCUT2D eigenvalue weighted by atomic mass is 35.5. The van der Waals surface area contributed by atoms with Gasteiger partial charge < -0.3 is 9.80 Å². The van der Waals surface area contributed by atoms with E-state index in [9.17, 15) is 4.79 Å². The Morgan fingerprint density at radius 2 is 2.09 bits per heavy atom. The van der Waals surface area contributed by atoms with E-state index in [2.05, 4.69) is 21.3 Å². The molecule has 128 valence electrons. The van der Waals surface area contributed by atoms with Crippen LogP contribution in [0.4, 0.5) is 5.69 Å². The largest absolute Gasteiger partial charge is 0.370 e. The molecule has 1 fully saturated rings. The van der Waals surface area contributed by atoms with Gasteiger partial charge in [-0.25, -0.2) is 0 Å². The first-order valence-electron chi connectivity index (χ1n) is 7.60. The molecule has 5 nitrogen and oxygen atoms in total. The normalized spacial score (nSPS) is 20.5. The van der Waals surface area contributed by atoms with Crippen LogP contribution in [0.5, 0.6) is 0 Å². The number of amides is 1. The van der Waals surface area contributed by atoms with E-state index in [0.717, 1.165) is 44.8 Å². The van der Waals surface area contributed by atoms with Gasteiger partial charge in [0.25, 0.3) is 0 Å². The summed E-state index contributed by atoms with van der Waals surface area (Å²) in [5.41, 5.74) is 2.24. The van der Waals surface area contributed by atoms with Gasteiger partial charge in [-0.15, -0.1) is 24.8 Å². The zero-order valence-electron chi connectivity index (χ0n) is 13.3. The van der Waals surface area contributed by atoms with E-state index in [0.29, 0.717) is 0 Å². The summed E-state index contributed by atoms with van der Waals surface area (Å²) >= 11 is 0. The second-order valence-corrected chi connectivity index (χ2v) is 5.64. The Hall–Kier alpha value is -1.30. The molecule has 0 spiro atoms. The lowest BCUT2D eigenvalue weighted by Gasteiger charge is -2.25. The van der Waals surface area contributed by atoms with Gasteiger partial charge in [0, 0.05) is 50.3 Å². The highest BCUT2D eigenvalue weighted by molar-refractivity contribution is 5.85. The Morgan fingerprint density at radius 3 is 2.78 bits per heavy atom. The zero-order valence-corrected chi connectivity index (χ0v) is 14.9. The third-order valence-electron chi connectivity index (χ3n) is 4.10. The first-order chi connectivity index (χ1) is 10.2. The molecule has 7 heteroatoms. The number of rotatable bonds is 2. The van der Waals surface area contributed by atoms with Crippen LogP contribution in [0.2, 0.25) is 0 Å². The molecule has 0 saturated carbocycles. The third-order valence-corrected chi connectivity index (χ3v) is 4.10. The van der Waals surface area contributed by atoms with E-state index < -0.39 is 0 Å². The van der Waals surface area contributed by atoms with Crippen molar-refractivity contribution in [2.24, 2.45) is 0 Å². The molecule has 0 radical (unpaired) electrons. The second-order valence-electron chi connectivity index (χ2n) is 5.64. The fraction of sp³-hybridized carbons (Fsp3) is 0.500. The Labute approximate surface area is 150 Å². The molecule has 3 heterocycles. The number of nitrogens with zero attached hydrogens (tertiary/aromatic N) is 3. The minimum atomic E-state index is -0.125. The molecular weight excluding hydrogens is 335 g/mol. The van der Waals surface area contributed by atoms with Gasteiger partial charge in [0.05, 0.1) is 0 Å². The molecule has 1 unspecified atom stereocenters. The summed E-state index contributed by atoms with van der Waals surface area (Å²) in [6.45, 7) is 6.30. The van der Waals surface area contributed by atoms with Crippen LogP contribution in [-0.2, 0) is 4.79 Å². The molecule has 3 rings (SSSR count). The number of aromatic nitrogens is 1. The fourth-order valence-corrected chi connectivity index (χ4v) is 2.96. The van der Waals surface area contributed by atoms with Crippen molar-refractivity contribution in [1.29, 1.82) is 0 Å². The molecule has 23 heavy (non-hydrogen) atoms. The zero-order chi connectivity index (χ0) is 14.7. The Bertz CT molecular complexity index is 553. The summed E-state index contributed by atoms with van der Waals surface area (Å²) in [5.74, 6) is 0.205. The van der Waals surface area contributed by atoms with Gasteiger partial charge in [-0.1, -0.05) is 12.2 Å². The first-order valence-corrected chi connectivity index (χ1v) is 7.60. The van der Waals surface area contributed by atoms with Gasteiger partial charge in [0.2, 0.25) is 5.91 Å². The van der Waals surface area contributed by atoms with Gasteiger partial charge in [-0.3, -0.25) is 15.1 Å². The molecule has 1 aromatic heterocycles. The second kappa shape index (κ2) is 9.11. The van der Waals surface area contributed by atoms with E-state index in [4.69, 9.17) is 0 Å². The van der Waals surface area contributed by atoms with Gasteiger partial charge in [0.1, 0.15) is 6.04 Å². The predicted molar refractivity (Wildman–Crippen MR) is 97.8 cm³/mol. The van der Waals surface area contributed by atoms with Crippen LogP contribution in [-0.4, -0.2) is 54.6 Å². The molecule has 1 N–H and O–H groups in total. The van der Waals surface area contributed by atoms with Gasteiger partial charge in [0.15, 0.2) is 0 Å². The van der Waals surface area contributed by atoms with Crippen LogP contribution < -0.4 is 10.2 Å². The molecular formula is C16H24Cl2N4O. The number of hydrogen-bond donors (Lipinski definition) is 1. The van der Waals surface area contributed by atoms with E-state index >= 15 is 0 Å². The third kappa shape index (κ3) is 4.83. The number of carbonyl (C=O) groups excluding carboxylic acids is 1. The van der Waals surface area contributed by atoms with Crippen LogP contribution in [0, 0.1) is 6.92 Å². The van der Waals surface area contributed by atoms with Crippen molar-refractivity contribution in [2.75, 3.05) is 37.6 Å². The molecule has 1 saturated heterocycles. The first kappa shape index (κ1) is 19.7. The average Bonchev–Trinajstić information content (AvgIpc) is 2.91. The van der Waals surface area contributed by atoms with Crippen molar-refractivity contribution >= 4 is 36.4 Å². The maximum Gasteiger partial charge on any atom is 0.243 e. The minimum Gasteiger partial charge on any atom is -0.370 e. The molecule has 0 aromatic carbocycles. The molecule has 1 atom stereocenters. The number of carbonyl (C=O) groups is 1. The summed E-state index contributed by atoms with van der Waals surface area (Å²) in [4.78, 5) is 21.0. The number of aryl methyl sites for hydroxylation is 1. The van der Waals surface area contributed by atoms with E-state index in [1.807, 2.05) is 36.2 Å². The van der Waals surface area contributed by atoms with Crippen molar-refractivity contribution in [2.45, 2.75) is 19.4 Å². The number of nitrogens with one attached hydrogen (secondary N) is 1. The van der Waals surface area contributed by atoms with E-state index in [1.54, 1.807) is 0 Å². The minimum absolute atomic E-state index is 0. The number of pyridine rings is 1. The number of halogens is 2. The molecule has 1 aromatic rings. The molecule has 2 aliphatic rings. The van der Waals surface area contributed by atoms with Crippen LogP contribution in [0.15, 0.2) is 30.5 Å². The molecule has 1 amide bonds. The maximum atomic E-state index is 12.4. The van der Waals surface area contributed by atoms with Crippen molar-refractivity contribution in [3.63, 3.8) is 0 Å². The van der Waals surface area contributed by atoms with Gasteiger partial charge >= 0.3 is 0 Å².